The summed E-state index contributed by atoms with van der Waals surface area (Å²) >= 11 is 1.53. The highest BCUT2D eigenvalue weighted by Gasteiger charge is 2.05. The molecule has 116 valence electrons. The number of aryl methyl sites for hydroxylation is 1. The third kappa shape index (κ3) is 5.53. The summed E-state index contributed by atoms with van der Waals surface area (Å²) in [5.74, 6) is -0.607. The summed E-state index contributed by atoms with van der Waals surface area (Å²) in [5, 5.41) is 14.2. The largest absolute Gasteiger partial charge is 0.482 e. The Morgan fingerprint density at radius 3 is 2.95 bits per heavy atom. The van der Waals surface area contributed by atoms with Gasteiger partial charge in [-0.2, -0.15) is 0 Å². The number of benzene rings is 1. The number of aromatic nitrogens is 1. The number of carboxylic acid groups (broad SMARTS) is 1. The molecule has 1 aromatic heterocycles. The van der Waals surface area contributed by atoms with E-state index in [1.165, 1.54) is 11.3 Å². The van der Waals surface area contributed by atoms with E-state index < -0.39 is 5.97 Å². The molecule has 1 aromatic carbocycles. The smallest absolute Gasteiger partial charge is 0.341 e. The van der Waals surface area contributed by atoms with Crippen molar-refractivity contribution in [3.63, 3.8) is 0 Å². The van der Waals surface area contributed by atoms with Gasteiger partial charge in [0.1, 0.15) is 5.75 Å². The number of hydrogen-bond acceptors (Lipinski definition) is 5. The van der Waals surface area contributed by atoms with Crippen molar-refractivity contribution >= 4 is 23.2 Å². The Morgan fingerprint density at radius 1 is 1.36 bits per heavy atom. The van der Waals surface area contributed by atoms with Crippen LogP contribution in [0.5, 0.6) is 5.75 Å². The van der Waals surface area contributed by atoms with Gasteiger partial charge in [0.15, 0.2) is 6.61 Å². The van der Waals surface area contributed by atoms with Gasteiger partial charge < -0.3 is 15.2 Å². The van der Waals surface area contributed by atoms with Gasteiger partial charge in [0.2, 0.25) is 5.91 Å². The van der Waals surface area contributed by atoms with Gasteiger partial charge in [-0.15, -0.1) is 11.3 Å². The maximum atomic E-state index is 11.8. The first kappa shape index (κ1) is 16.0. The minimum absolute atomic E-state index is 0.0490. The molecular formula is C15H16N2O4S. The standard InChI is InChI=1S/C15H16N2O4S/c18-13(4-5-14-16-6-7-22-14)17-9-11-2-1-3-12(8-11)21-10-15(19)20/h1-3,6-8H,4-5,9-10H2,(H,17,18)(H,19,20). The van der Waals surface area contributed by atoms with E-state index >= 15 is 0 Å². The van der Waals surface area contributed by atoms with Crippen LogP contribution in [0.1, 0.15) is 17.0 Å². The van der Waals surface area contributed by atoms with Crippen molar-refractivity contribution in [2.75, 3.05) is 6.61 Å². The van der Waals surface area contributed by atoms with Crippen molar-refractivity contribution < 1.29 is 19.4 Å². The fourth-order valence-corrected chi connectivity index (χ4v) is 2.40. The van der Waals surface area contributed by atoms with Crippen molar-refractivity contribution in [2.45, 2.75) is 19.4 Å². The number of hydrogen-bond donors (Lipinski definition) is 2. The van der Waals surface area contributed by atoms with E-state index in [1.54, 1.807) is 24.4 Å². The number of carboxylic acids is 1. The second-order valence-corrected chi connectivity index (χ2v) is 5.51. The zero-order valence-corrected chi connectivity index (χ0v) is 12.6. The maximum absolute atomic E-state index is 11.8. The molecule has 0 spiro atoms. The van der Waals surface area contributed by atoms with Gasteiger partial charge >= 0.3 is 5.97 Å². The molecule has 0 unspecified atom stereocenters. The average molecular weight is 320 g/mol. The molecule has 0 aliphatic rings. The van der Waals surface area contributed by atoms with Gasteiger partial charge in [0.25, 0.3) is 0 Å². The molecular weight excluding hydrogens is 304 g/mol. The van der Waals surface area contributed by atoms with Crippen LogP contribution >= 0.6 is 11.3 Å². The van der Waals surface area contributed by atoms with E-state index in [2.05, 4.69) is 10.3 Å². The second kappa shape index (κ2) is 8.14. The molecule has 2 N–H and O–H groups in total. The first-order valence-electron chi connectivity index (χ1n) is 6.72. The van der Waals surface area contributed by atoms with Gasteiger partial charge in [0, 0.05) is 31.0 Å². The molecule has 0 aliphatic heterocycles. The van der Waals surface area contributed by atoms with Gasteiger partial charge in [-0.25, -0.2) is 9.78 Å². The number of carbonyl (C=O) groups excluding carboxylic acids is 1. The quantitative estimate of drug-likeness (QED) is 0.775. The monoisotopic (exact) mass is 320 g/mol. The van der Waals surface area contributed by atoms with Gasteiger partial charge in [-0.1, -0.05) is 12.1 Å². The highest BCUT2D eigenvalue weighted by Crippen LogP contribution is 2.13. The summed E-state index contributed by atoms with van der Waals surface area (Å²) in [5.41, 5.74) is 0.852. The van der Waals surface area contributed by atoms with Crippen LogP contribution < -0.4 is 10.1 Å². The van der Waals surface area contributed by atoms with Crippen LogP contribution in [-0.2, 0) is 22.6 Å². The van der Waals surface area contributed by atoms with Gasteiger partial charge in [0.05, 0.1) is 5.01 Å². The number of nitrogens with zero attached hydrogens (tertiary/aromatic N) is 1. The lowest BCUT2D eigenvalue weighted by atomic mass is 10.2. The number of thiazole rings is 1. The van der Waals surface area contributed by atoms with Crippen molar-refractivity contribution in [3.8, 4) is 5.75 Å². The molecule has 6 nitrogen and oxygen atoms in total. The third-order valence-corrected chi connectivity index (χ3v) is 3.64. The van der Waals surface area contributed by atoms with Gasteiger partial charge in [-0.05, 0) is 17.7 Å². The lowest BCUT2D eigenvalue weighted by Crippen LogP contribution is -2.23. The molecule has 22 heavy (non-hydrogen) atoms. The molecule has 0 atom stereocenters. The molecule has 0 saturated carbocycles. The van der Waals surface area contributed by atoms with Crippen LogP contribution in [0.15, 0.2) is 35.8 Å². The van der Waals surface area contributed by atoms with Crippen molar-refractivity contribution in [2.24, 2.45) is 0 Å². The number of amides is 1. The number of rotatable bonds is 8. The topological polar surface area (TPSA) is 88.5 Å². The molecule has 0 saturated heterocycles. The second-order valence-electron chi connectivity index (χ2n) is 4.53. The highest BCUT2D eigenvalue weighted by molar-refractivity contribution is 7.09. The lowest BCUT2D eigenvalue weighted by Gasteiger charge is -2.07. The minimum Gasteiger partial charge on any atom is -0.482 e. The summed E-state index contributed by atoms with van der Waals surface area (Å²) in [6.45, 7) is -0.00933. The van der Waals surface area contributed by atoms with E-state index in [0.29, 0.717) is 25.1 Å². The van der Waals surface area contributed by atoms with Gasteiger partial charge in [-0.3, -0.25) is 4.79 Å². The Kier molecular flexibility index (Phi) is 5.91. The van der Waals surface area contributed by atoms with Crippen LogP contribution in [0.25, 0.3) is 0 Å². The zero-order chi connectivity index (χ0) is 15.8. The Balaban J connectivity index is 1.76. The summed E-state index contributed by atoms with van der Waals surface area (Å²) in [6, 6.07) is 6.99. The molecule has 0 radical (unpaired) electrons. The summed E-state index contributed by atoms with van der Waals surface area (Å²) in [7, 11) is 0. The zero-order valence-electron chi connectivity index (χ0n) is 11.8. The van der Waals surface area contributed by atoms with Crippen molar-refractivity contribution in [3.05, 3.63) is 46.4 Å². The molecule has 0 aliphatic carbocycles. The summed E-state index contributed by atoms with van der Waals surface area (Å²) in [4.78, 5) is 26.4. The fraction of sp³-hybridized carbons (Fsp3) is 0.267. The van der Waals surface area contributed by atoms with Crippen molar-refractivity contribution in [1.29, 1.82) is 0 Å². The highest BCUT2D eigenvalue weighted by atomic mass is 32.1. The summed E-state index contributed by atoms with van der Waals surface area (Å²) < 4.78 is 5.09. The van der Waals surface area contributed by atoms with Crippen LogP contribution in [0.4, 0.5) is 0 Å². The third-order valence-electron chi connectivity index (χ3n) is 2.80. The number of nitrogens with one attached hydrogen (secondary N) is 1. The van der Waals surface area contributed by atoms with E-state index in [0.717, 1.165) is 10.6 Å². The normalized spacial score (nSPS) is 10.2. The van der Waals surface area contributed by atoms with Crippen molar-refractivity contribution in [1.82, 2.24) is 10.3 Å². The minimum atomic E-state index is -1.03. The van der Waals surface area contributed by atoms with Crippen LogP contribution in [0, 0.1) is 0 Å². The SMILES string of the molecule is O=C(O)COc1cccc(CNC(=O)CCc2nccs2)c1. The predicted octanol–water partition coefficient (Wildman–Crippen LogP) is 1.86. The first-order valence-corrected chi connectivity index (χ1v) is 7.60. The molecule has 1 heterocycles. The average Bonchev–Trinajstić information content (AvgIpc) is 3.03. The van der Waals surface area contributed by atoms with Crippen LogP contribution in [0.2, 0.25) is 0 Å². The fourth-order valence-electron chi connectivity index (χ4n) is 1.78. The van der Waals surface area contributed by atoms with E-state index in [4.69, 9.17) is 9.84 Å². The predicted molar refractivity (Wildman–Crippen MR) is 81.9 cm³/mol. The Morgan fingerprint density at radius 2 is 2.23 bits per heavy atom. The maximum Gasteiger partial charge on any atom is 0.341 e. The molecule has 2 aromatic rings. The summed E-state index contributed by atoms with van der Waals surface area (Å²) in [6.07, 6.45) is 2.74. The van der Waals surface area contributed by atoms with Crippen LogP contribution in [0.3, 0.4) is 0 Å². The molecule has 2 rings (SSSR count). The van der Waals surface area contributed by atoms with E-state index in [1.807, 2.05) is 11.4 Å². The molecule has 0 fully saturated rings. The van der Waals surface area contributed by atoms with E-state index in [9.17, 15) is 9.59 Å². The number of ether oxygens (including phenoxy) is 1. The molecule has 1 amide bonds. The Labute approximate surface area is 131 Å². The van der Waals surface area contributed by atoms with Crippen LogP contribution in [-0.4, -0.2) is 28.6 Å². The number of aliphatic carboxylic acids is 1. The molecule has 7 heteroatoms. The number of carbonyl (C=O) groups is 2. The lowest BCUT2D eigenvalue weighted by molar-refractivity contribution is -0.139. The Hall–Kier alpha value is -2.41. The van der Waals surface area contributed by atoms with E-state index in [-0.39, 0.29) is 12.5 Å². The first-order chi connectivity index (χ1) is 10.6. The Bertz CT molecular complexity index is 628. The molecule has 0 bridgehead atoms.